The highest BCUT2D eigenvalue weighted by Gasteiger charge is 2.07. The number of hydrogen-bond donors (Lipinski definition) is 1. The van der Waals surface area contributed by atoms with Gasteiger partial charge in [0.15, 0.2) is 0 Å². The van der Waals surface area contributed by atoms with E-state index < -0.39 is 0 Å². The summed E-state index contributed by atoms with van der Waals surface area (Å²) in [5.41, 5.74) is 3.81. The van der Waals surface area contributed by atoms with Crippen LogP contribution >= 0.6 is 0 Å². The van der Waals surface area contributed by atoms with Crippen LogP contribution in [0.4, 0.5) is 5.69 Å². The molecule has 4 heteroatoms. The number of carbonyl (C=O) groups is 1. The lowest BCUT2D eigenvalue weighted by molar-refractivity contribution is 0.0969. The van der Waals surface area contributed by atoms with E-state index in [-0.39, 0.29) is 5.91 Å². The fourth-order valence-electron chi connectivity index (χ4n) is 2.19. The minimum absolute atomic E-state index is 0.152. The predicted octanol–water partition coefficient (Wildman–Crippen LogP) is 3.98. The summed E-state index contributed by atoms with van der Waals surface area (Å²) in [4.78, 5) is 16.2. The van der Waals surface area contributed by atoms with Crippen molar-refractivity contribution in [3.63, 3.8) is 0 Å². The zero-order valence-electron chi connectivity index (χ0n) is 12.8. The van der Waals surface area contributed by atoms with Crippen LogP contribution in [0.15, 0.2) is 79.4 Å². The minimum Gasteiger partial charge on any atom is -0.355 e. The molecule has 0 radical (unpaired) electrons. The second-order valence-electron chi connectivity index (χ2n) is 5.22. The molecular formula is C19H17N3O. The SMILES string of the molecule is Cc1ccc(N/C(=C\C(=O)n2ccnc2)c2ccccc2)cc1. The summed E-state index contributed by atoms with van der Waals surface area (Å²) in [5.74, 6) is -0.152. The lowest BCUT2D eigenvalue weighted by Crippen LogP contribution is -2.08. The Bertz CT molecular complexity index is 804. The molecule has 3 aromatic rings. The maximum Gasteiger partial charge on any atom is 0.257 e. The fourth-order valence-corrected chi connectivity index (χ4v) is 2.19. The average molecular weight is 303 g/mol. The molecule has 0 bridgehead atoms. The van der Waals surface area contributed by atoms with Gasteiger partial charge in [0.05, 0.1) is 5.70 Å². The van der Waals surface area contributed by atoms with Gasteiger partial charge < -0.3 is 5.32 Å². The number of carbonyl (C=O) groups excluding carboxylic acids is 1. The van der Waals surface area contributed by atoms with Crippen molar-refractivity contribution >= 4 is 17.3 Å². The first-order chi connectivity index (χ1) is 11.2. The molecule has 0 saturated heterocycles. The molecule has 1 aromatic heterocycles. The van der Waals surface area contributed by atoms with Crippen molar-refractivity contribution < 1.29 is 4.79 Å². The van der Waals surface area contributed by atoms with Gasteiger partial charge in [0, 0.05) is 24.2 Å². The molecule has 1 heterocycles. The van der Waals surface area contributed by atoms with E-state index in [1.54, 1.807) is 18.5 Å². The Kier molecular flexibility index (Phi) is 4.34. The molecule has 3 rings (SSSR count). The Hall–Kier alpha value is -3.14. The topological polar surface area (TPSA) is 46.9 Å². The summed E-state index contributed by atoms with van der Waals surface area (Å²) in [6.07, 6.45) is 6.29. The second-order valence-corrected chi connectivity index (χ2v) is 5.22. The van der Waals surface area contributed by atoms with Gasteiger partial charge in [-0.15, -0.1) is 0 Å². The number of imidazole rings is 1. The van der Waals surface area contributed by atoms with Crippen molar-refractivity contribution in [3.05, 3.63) is 90.5 Å². The standard InChI is InChI=1S/C19H17N3O/c1-15-7-9-17(10-8-15)21-18(16-5-3-2-4-6-16)13-19(23)22-12-11-20-14-22/h2-14,21H,1H3/b18-13-. The van der Waals surface area contributed by atoms with Crippen LogP contribution in [0.1, 0.15) is 15.9 Å². The molecule has 0 aliphatic carbocycles. The molecule has 0 aliphatic rings. The Morgan fingerprint density at radius 3 is 2.48 bits per heavy atom. The molecule has 4 nitrogen and oxygen atoms in total. The van der Waals surface area contributed by atoms with Gasteiger partial charge in [-0.05, 0) is 24.6 Å². The van der Waals surface area contributed by atoms with Crippen LogP contribution < -0.4 is 5.32 Å². The molecule has 0 atom stereocenters. The number of anilines is 1. The second kappa shape index (κ2) is 6.75. The molecular weight excluding hydrogens is 286 g/mol. The summed E-state index contributed by atoms with van der Waals surface area (Å²) >= 11 is 0. The summed E-state index contributed by atoms with van der Waals surface area (Å²) < 4.78 is 1.44. The van der Waals surface area contributed by atoms with Gasteiger partial charge in [0.1, 0.15) is 6.33 Å². The van der Waals surface area contributed by atoms with Crippen LogP contribution in [0.2, 0.25) is 0 Å². The Labute approximate surface area is 135 Å². The van der Waals surface area contributed by atoms with Crippen molar-refractivity contribution in [2.24, 2.45) is 0 Å². The molecule has 0 saturated carbocycles. The Morgan fingerprint density at radius 2 is 1.83 bits per heavy atom. The van der Waals surface area contributed by atoms with Gasteiger partial charge in [0.2, 0.25) is 0 Å². The van der Waals surface area contributed by atoms with E-state index >= 15 is 0 Å². The van der Waals surface area contributed by atoms with E-state index in [0.29, 0.717) is 0 Å². The highest BCUT2D eigenvalue weighted by molar-refractivity contribution is 5.98. The summed E-state index contributed by atoms with van der Waals surface area (Å²) in [7, 11) is 0. The van der Waals surface area contributed by atoms with E-state index in [1.165, 1.54) is 16.5 Å². The molecule has 0 unspecified atom stereocenters. The first-order valence-corrected chi connectivity index (χ1v) is 7.35. The van der Waals surface area contributed by atoms with Crippen molar-refractivity contribution in [3.8, 4) is 0 Å². The molecule has 0 spiro atoms. The largest absolute Gasteiger partial charge is 0.355 e. The van der Waals surface area contributed by atoms with E-state index in [9.17, 15) is 4.79 Å². The third-order valence-electron chi connectivity index (χ3n) is 3.44. The smallest absolute Gasteiger partial charge is 0.257 e. The van der Waals surface area contributed by atoms with Crippen molar-refractivity contribution in [2.75, 3.05) is 5.32 Å². The lowest BCUT2D eigenvalue weighted by Gasteiger charge is -2.12. The lowest BCUT2D eigenvalue weighted by atomic mass is 10.1. The van der Waals surface area contributed by atoms with Gasteiger partial charge in [-0.1, -0.05) is 48.0 Å². The number of aryl methyl sites for hydroxylation is 1. The fraction of sp³-hybridized carbons (Fsp3) is 0.0526. The van der Waals surface area contributed by atoms with Gasteiger partial charge in [0.25, 0.3) is 5.91 Å². The van der Waals surface area contributed by atoms with Crippen LogP contribution in [0.25, 0.3) is 5.70 Å². The van der Waals surface area contributed by atoms with Gasteiger partial charge >= 0.3 is 0 Å². The predicted molar refractivity (Wildman–Crippen MR) is 92.1 cm³/mol. The van der Waals surface area contributed by atoms with Crippen LogP contribution in [0.3, 0.4) is 0 Å². The normalized spacial score (nSPS) is 11.3. The number of nitrogens with one attached hydrogen (secondary N) is 1. The van der Waals surface area contributed by atoms with Crippen molar-refractivity contribution in [1.29, 1.82) is 0 Å². The van der Waals surface area contributed by atoms with Crippen LogP contribution in [0.5, 0.6) is 0 Å². The Balaban J connectivity index is 1.94. The third kappa shape index (κ3) is 3.74. The first-order valence-electron chi connectivity index (χ1n) is 7.35. The van der Waals surface area contributed by atoms with Crippen molar-refractivity contribution in [2.45, 2.75) is 6.92 Å². The molecule has 23 heavy (non-hydrogen) atoms. The number of aromatic nitrogens is 2. The van der Waals surface area contributed by atoms with Crippen LogP contribution in [0, 0.1) is 6.92 Å². The van der Waals surface area contributed by atoms with Crippen molar-refractivity contribution in [1.82, 2.24) is 9.55 Å². The maximum absolute atomic E-state index is 12.3. The number of nitrogens with zero attached hydrogens (tertiary/aromatic N) is 2. The number of allylic oxidation sites excluding steroid dienone is 1. The van der Waals surface area contributed by atoms with Crippen LogP contribution in [-0.2, 0) is 0 Å². The molecule has 0 fully saturated rings. The molecule has 0 amide bonds. The van der Waals surface area contributed by atoms with E-state index in [2.05, 4.69) is 10.3 Å². The van der Waals surface area contributed by atoms with Crippen LogP contribution in [-0.4, -0.2) is 15.5 Å². The minimum atomic E-state index is -0.152. The summed E-state index contributed by atoms with van der Waals surface area (Å²) in [6.45, 7) is 2.04. The summed E-state index contributed by atoms with van der Waals surface area (Å²) in [6, 6.07) is 17.8. The monoisotopic (exact) mass is 303 g/mol. The van der Waals surface area contributed by atoms with E-state index in [0.717, 1.165) is 16.9 Å². The first kappa shape index (κ1) is 14.8. The number of benzene rings is 2. The highest BCUT2D eigenvalue weighted by atomic mass is 16.1. The molecule has 114 valence electrons. The third-order valence-corrected chi connectivity index (χ3v) is 3.44. The summed E-state index contributed by atoms with van der Waals surface area (Å²) in [5, 5.41) is 3.32. The molecule has 2 aromatic carbocycles. The maximum atomic E-state index is 12.3. The quantitative estimate of drug-likeness (QED) is 0.741. The van der Waals surface area contributed by atoms with Gasteiger partial charge in [-0.3, -0.25) is 9.36 Å². The van der Waals surface area contributed by atoms with E-state index in [1.807, 2.05) is 61.5 Å². The highest BCUT2D eigenvalue weighted by Crippen LogP contribution is 2.19. The molecule has 0 aliphatic heterocycles. The molecule has 1 N–H and O–H groups in total. The van der Waals surface area contributed by atoms with Gasteiger partial charge in [-0.25, -0.2) is 4.98 Å². The number of hydrogen-bond acceptors (Lipinski definition) is 3. The van der Waals surface area contributed by atoms with Gasteiger partial charge in [-0.2, -0.15) is 0 Å². The van der Waals surface area contributed by atoms with E-state index in [4.69, 9.17) is 0 Å². The average Bonchev–Trinajstić information content (AvgIpc) is 3.12. The zero-order chi connectivity index (χ0) is 16.1. The zero-order valence-corrected chi connectivity index (χ0v) is 12.8. The Morgan fingerprint density at radius 1 is 1.09 bits per heavy atom. The number of rotatable bonds is 4.